The largest absolute Gasteiger partial charge is 0.396 e. The maximum Gasteiger partial charge on any atom is 0.0856 e. The minimum absolute atomic E-state index is 0.0572. The normalized spacial score (nSPS) is 36.0. The Bertz CT molecular complexity index is 147. The summed E-state index contributed by atoms with van der Waals surface area (Å²) in [7, 11) is 0. The lowest BCUT2D eigenvalue weighted by atomic mass is 9.82. The second-order valence-corrected chi connectivity index (χ2v) is 3.81. The van der Waals surface area contributed by atoms with Crippen molar-refractivity contribution in [2.75, 3.05) is 13.2 Å². The highest BCUT2D eigenvalue weighted by Crippen LogP contribution is 2.33. The quantitative estimate of drug-likeness (QED) is 0.526. The lowest BCUT2D eigenvalue weighted by Crippen LogP contribution is -2.52. The highest BCUT2D eigenvalue weighted by Gasteiger charge is 2.46. The fourth-order valence-electron chi connectivity index (χ4n) is 1.68. The fourth-order valence-corrected chi connectivity index (χ4v) is 1.68. The predicted octanol–water partition coefficient (Wildman–Crippen LogP) is -0.128. The molecule has 0 saturated carbocycles. The molecule has 3 N–H and O–H groups in total. The van der Waals surface area contributed by atoms with Crippen LogP contribution in [0, 0.1) is 0 Å². The van der Waals surface area contributed by atoms with Crippen LogP contribution < -0.4 is 5.32 Å². The zero-order valence-electron chi connectivity index (χ0n) is 7.22. The average Bonchev–Trinajstić information content (AvgIpc) is 2.09. The number of aliphatic hydroxyl groups is 2. The van der Waals surface area contributed by atoms with Gasteiger partial charge >= 0.3 is 0 Å². The molecule has 3 nitrogen and oxygen atoms in total. The van der Waals surface area contributed by atoms with Crippen molar-refractivity contribution in [1.29, 1.82) is 0 Å². The minimum atomic E-state index is -0.720. The van der Waals surface area contributed by atoms with Crippen molar-refractivity contribution in [1.82, 2.24) is 5.32 Å². The van der Waals surface area contributed by atoms with Crippen molar-refractivity contribution >= 4 is 0 Å². The predicted molar refractivity (Wildman–Crippen MR) is 43.4 cm³/mol. The van der Waals surface area contributed by atoms with Crippen molar-refractivity contribution in [3.05, 3.63) is 0 Å². The van der Waals surface area contributed by atoms with Gasteiger partial charge in [-0.3, -0.25) is 0 Å². The molecule has 0 radical (unpaired) electrons. The van der Waals surface area contributed by atoms with Crippen LogP contribution in [0.5, 0.6) is 0 Å². The van der Waals surface area contributed by atoms with E-state index in [1.54, 1.807) is 0 Å². The molecule has 66 valence electrons. The van der Waals surface area contributed by atoms with Crippen LogP contribution in [-0.4, -0.2) is 34.5 Å². The number of nitrogens with one attached hydrogen (secondary N) is 1. The Morgan fingerprint density at radius 1 is 1.45 bits per heavy atom. The SMILES string of the molecule is CC1(C)NCCC1(O)CCO. The van der Waals surface area contributed by atoms with Crippen LogP contribution in [0.3, 0.4) is 0 Å². The first-order chi connectivity index (χ1) is 5.02. The van der Waals surface area contributed by atoms with Crippen molar-refractivity contribution in [2.45, 2.75) is 37.8 Å². The summed E-state index contributed by atoms with van der Waals surface area (Å²) in [5.41, 5.74) is -0.975. The van der Waals surface area contributed by atoms with Crippen LogP contribution in [0.2, 0.25) is 0 Å². The van der Waals surface area contributed by atoms with Crippen molar-refractivity contribution < 1.29 is 10.2 Å². The molecule has 1 rings (SSSR count). The number of rotatable bonds is 2. The van der Waals surface area contributed by atoms with Gasteiger partial charge in [-0.25, -0.2) is 0 Å². The van der Waals surface area contributed by atoms with E-state index in [0.717, 1.165) is 13.0 Å². The van der Waals surface area contributed by atoms with E-state index in [1.807, 2.05) is 13.8 Å². The van der Waals surface area contributed by atoms with Crippen molar-refractivity contribution in [3.8, 4) is 0 Å². The van der Waals surface area contributed by atoms with E-state index in [-0.39, 0.29) is 12.1 Å². The molecule has 1 atom stereocenters. The molecule has 3 heteroatoms. The van der Waals surface area contributed by atoms with Gasteiger partial charge in [-0.1, -0.05) is 0 Å². The van der Waals surface area contributed by atoms with Gasteiger partial charge in [0.25, 0.3) is 0 Å². The Labute approximate surface area is 67.4 Å². The molecule has 0 amide bonds. The summed E-state index contributed by atoms with van der Waals surface area (Å²) in [4.78, 5) is 0. The average molecular weight is 159 g/mol. The molecule has 11 heavy (non-hydrogen) atoms. The van der Waals surface area contributed by atoms with Gasteiger partial charge in [-0.2, -0.15) is 0 Å². The summed E-state index contributed by atoms with van der Waals surface area (Å²) in [5.74, 6) is 0. The van der Waals surface area contributed by atoms with E-state index in [2.05, 4.69) is 5.32 Å². The van der Waals surface area contributed by atoms with Gasteiger partial charge in [-0.15, -0.1) is 0 Å². The molecule has 1 aliphatic heterocycles. The molecule has 0 spiro atoms. The summed E-state index contributed by atoms with van der Waals surface area (Å²) in [5, 5.41) is 21.9. The second-order valence-electron chi connectivity index (χ2n) is 3.81. The lowest BCUT2D eigenvalue weighted by Gasteiger charge is -2.35. The highest BCUT2D eigenvalue weighted by molar-refractivity contribution is 5.04. The first kappa shape index (κ1) is 8.97. The first-order valence-corrected chi connectivity index (χ1v) is 4.10. The summed E-state index contributed by atoms with van der Waals surface area (Å²) in [6, 6.07) is 0. The van der Waals surface area contributed by atoms with Crippen LogP contribution in [-0.2, 0) is 0 Å². The van der Waals surface area contributed by atoms with E-state index in [4.69, 9.17) is 5.11 Å². The fraction of sp³-hybridized carbons (Fsp3) is 1.00. The maximum atomic E-state index is 10.00. The molecular weight excluding hydrogens is 142 g/mol. The number of hydrogen-bond donors (Lipinski definition) is 3. The van der Waals surface area contributed by atoms with Crippen LogP contribution >= 0.6 is 0 Å². The van der Waals surface area contributed by atoms with Gasteiger partial charge in [0.2, 0.25) is 0 Å². The van der Waals surface area contributed by atoms with Crippen LogP contribution in [0.1, 0.15) is 26.7 Å². The molecule has 0 bridgehead atoms. The van der Waals surface area contributed by atoms with Gasteiger partial charge < -0.3 is 15.5 Å². The van der Waals surface area contributed by atoms with Crippen LogP contribution in [0.15, 0.2) is 0 Å². The van der Waals surface area contributed by atoms with Gasteiger partial charge in [0, 0.05) is 18.6 Å². The van der Waals surface area contributed by atoms with Gasteiger partial charge in [-0.05, 0) is 26.8 Å². The van der Waals surface area contributed by atoms with E-state index in [1.165, 1.54) is 0 Å². The van der Waals surface area contributed by atoms with E-state index in [0.29, 0.717) is 6.42 Å². The topological polar surface area (TPSA) is 52.5 Å². The molecule has 1 fully saturated rings. The molecule has 0 aromatic rings. The lowest BCUT2D eigenvalue weighted by molar-refractivity contribution is -0.0266. The molecule has 0 aromatic carbocycles. The smallest absolute Gasteiger partial charge is 0.0856 e. The Morgan fingerprint density at radius 3 is 2.45 bits per heavy atom. The zero-order valence-corrected chi connectivity index (χ0v) is 7.22. The molecule has 0 aliphatic carbocycles. The number of hydrogen-bond acceptors (Lipinski definition) is 3. The molecule has 1 saturated heterocycles. The Balaban J connectivity index is 2.68. The van der Waals surface area contributed by atoms with E-state index in [9.17, 15) is 5.11 Å². The Morgan fingerprint density at radius 2 is 2.09 bits per heavy atom. The van der Waals surface area contributed by atoms with Gasteiger partial charge in [0.05, 0.1) is 5.60 Å². The van der Waals surface area contributed by atoms with E-state index < -0.39 is 5.60 Å². The van der Waals surface area contributed by atoms with Gasteiger partial charge in [0.15, 0.2) is 0 Å². The van der Waals surface area contributed by atoms with Crippen molar-refractivity contribution in [3.63, 3.8) is 0 Å². The third kappa shape index (κ3) is 1.41. The van der Waals surface area contributed by atoms with Gasteiger partial charge in [0.1, 0.15) is 0 Å². The molecule has 0 aromatic heterocycles. The third-order valence-corrected chi connectivity index (χ3v) is 2.79. The standard InChI is InChI=1S/C8H17NO2/c1-7(2)8(11,4-6-10)3-5-9-7/h9-11H,3-6H2,1-2H3. The van der Waals surface area contributed by atoms with Crippen molar-refractivity contribution in [2.24, 2.45) is 0 Å². The van der Waals surface area contributed by atoms with Crippen LogP contribution in [0.4, 0.5) is 0 Å². The van der Waals surface area contributed by atoms with Crippen LogP contribution in [0.25, 0.3) is 0 Å². The number of aliphatic hydroxyl groups excluding tert-OH is 1. The molecule has 1 unspecified atom stereocenters. The first-order valence-electron chi connectivity index (χ1n) is 4.10. The summed E-state index contributed by atoms with van der Waals surface area (Å²) in [6.45, 7) is 4.83. The zero-order chi connectivity index (χ0) is 8.54. The minimum Gasteiger partial charge on any atom is -0.396 e. The molecule has 1 aliphatic rings. The van der Waals surface area contributed by atoms with E-state index >= 15 is 0 Å². The highest BCUT2D eigenvalue weighted by atomic mass is 16.3. The monoisotopic (exact) mass is 159 g/mol. The third-order valence-electron chi connectivity index (χ3n) is 2.79. The summed E-state index contributed by atoms with van der Waals surface area (Å²) in [6.07, 6.45) is 1.20. The maximum absolute atomic E-state index is 10.00. The Kier molecular flexibility index (Phi) is 2.23. The Hall–Kier alpha value is -0.120. The summed E-state index contributed by atoms with van der Waals surface area (Å²) < 4.78 is 0. The molecular formula is C8H17NO2. The second kappa shape index (κ2) is 2.73. The summed E-state index contributed by atoms with van der Waals surface area (Å²) >= 11 is 0. The molecule has 1 heterocycles.